The Morgan fingerprint density at radius 1 is 1.57 bits per heavy atom. The zero-order valence-corrected chi connectivity index (χ0v) is 9.06. The topological polar surface area (TPSA) is 38.3 Å². The second kappa shape index (κ2) is 3.71. The van der Waals surface area contributed by atoms with Gasteiger partial charge in [-0.1, -0.05) is 0 Å². The summed E-state index contributed by atoms with van der Waals surface area (Å²) in [6.45, 7) is 0. The van der Waals surface area contributed by atoms with E-state index in [-0.39, 0.29) is 6.04 Å². The van der Waals surface area contributed by atoms with E-state index in [2.05, 4.69) is 5.32 Å². The van der Waals surface area contributed by atoms with Crippen LogP contribution in [0.1, 0.15) is 11.6 Å². The van der Waals surface area contributed by atoms with Crippen LogP contribution >= 0.6 is 0 Å². The molecule has 1 aromatic carbocycles. The van der Waals surface area contributed by atoms with Gasteiger partial charge in [-0.3, -0.25) is 4.21 Å². The van der Waals surface area contributed by atoms with E-state index >= 15 is 0 Å². The first-order valence-corrected chi connectivity index (χ1v) is 5.81. The second-order valence-electron chi connectivity index (χ2n) is 3.26. The molecule has 0 spiro atoms. The normalized spacial score (nSPS) is 24.7. The third-order valence-corrected chi connectivity index (χ3v) is 4.00. The van der Waals surface area contributed by atoms with Crippen molar-refractivity contribution >= 4 is 10.8 Å². The molecule has 1 aliphatic heterocycles. The van der Waals surface area contributed by atoms with Gasteiger partial charge in [0.05, 0.1) is 17.9 Å². The lowest BCUT2D eigenvalue weighted by atomic mass is 10.1. The SMILES string of the molecule is CNC1CS(=O)c2ccc(OC)cc21. The van der Waals surface area contributed by atoms with Crippen molar-refractivity contribution in [2.24, 2.45) is 0 Å². The number of fused-ring (bicyclic) bond motifs is 1. The fourth-order valence-corrected chi connectivity index (χ4v) is 3.22. The van der Waals surface area contributed by atoms with Crippen molar-refractivity contribution < 1.29 is 8.95 Å². The van der Waals surface area contributed by atoms with Gasteiger partial charge in [0.25, 0.3) is 0 Å². The van der Waals surface area contributed by atoms with Crippen molar-refractivity contribution in [1.82, 2.24) is 5.32 Å². The fourth-order valence-electron chi connectivity index (χ4n) is 1.70. The third-order valence-electron chi connectivity index (χ3n) is 2.50. The number of rotatable bonds is 2. The van der Waals surface area contributed by atoms with Crippen LogP contribution in [0.4, 0.5) is 0 Å². The molecule has 1 N–H and O–H groups in total. The molecule has 1 aromatic rings. The number of nitrogens with one attached hydrogen (secondary N) is 1. The minimum absolute atomic E-state index is 0.195. The lowest BCUT2D eigenvalue weighted by molar-refractivity contribution is 0.413. The largest absolute Gasteiger partial charge is 0.497 e. The van der Waals surface area contributed by atoms with E-state index in [9.17, 15) is 4.21 Å². The van der Waals surface area contributed by atoms with Crippen LogP contribution in [0.5, 0.6) is 5.75 Å². The highest BCUT2D eigenvalue weighted by molar-refractivity contribution is 7.85. The van der Waals surface area contributed by atoms with E-state index < -0.39 is 10.8 Å². The number of methoxy groups -OCH3 is 1. The molecule has 2 atom stereocenters. The molecular formula is C10H13NO2S. The molecule has 0 fully saturated rings. The molecule has 76 valence electrons. The maximum absolute atomic E-state index is 11.7. The molecule has 14 heavy (non-hydrogen) atoms. The van der Waals surface area contributed by atoms with Crippen LogP contribution in [0.15, 0.2) is 23.1 Å². The van der Waals surface area contributed by atoms with Crippen molar-refractivity contribution in [2.45, 2.75) is 10.9 Å². The Morgan fingerprint density at radius 2 is 2.36 bits per heavy atom. The van der Waals surface area contributed by atoms with Crippen molar-refractivity contribution in [3.05, 3.63) is 23.8 Å². The highest BCUT2D eigenvalue weighted by atomic mass is 32.2. The Kier molecular flexibility index (Phi) is 2.56. The smallest absolute Gasteiger partial charge is 0.119 e. The second-order valence-corrected chi connectivity index (χ2v) is 4.72. The van der Waals surface area contributed by atoms with E-state index in [1.54, 1.807) is 7.11 Å². The summed E-state index contributed by atoms with van der Waals surface area (Å²) in [6, 6.07) is 5.90. The fraction of sp³-hybridized carbons (Fsp3) is 0.400. The number of benzene rings is 1. The van der Waals surface area contributed by atoms with E-state index in [0.717, 1.165) is 16.2 Å². The Bertz CT molecular complexity index is 378. The van der Waals surface area contributed by atoms with Gasteiger partial charge in [-0.25, -0.2) is 0 Å². The maximum Gasteiger partial charge on any atom is 0.119 e. The summed E-state index contributed by atoms with van der Waals surface area (Å²) in [6.07, 6.45) is 0. The molecule has 1 aliphatic rings. The summed E-state index contributed by atoms with van der Waals surface area (Å²) < 4.78 is 16.8. The molecule has 0 aromatic heterocycles. The molecule has 0 saturated carbocycles. The van der Waals surface area contributed by atoms with Crippen LogP contribution in [0.25, 0.3) is 0 Å². The lowest BCUT2D eigenvalue weighted by Crippen LogP contribution is -2.16. The number of hydrogen-bond acceptors (Lipinski definition) is 3. The summed E-state index contributed by atoms with van der Waals surface area (Å²) in [5.41, 5.74) is 1.10. The molecule has 0 saturated heterocycles. The average Bonchev–Trinajstić information content (AvgIpc) is 2.55. The van der Waals surface area contributed by atoms with Gasteiger partial charge in [0.1, 0.15) is 5.75 Å². The predicted octanol–water partition coefficient (Wildman–Crippen LogP) is 1.08. The molecule has 1 heterocycles. The first kappa shape index (κ1) is 9.68. The molecule has 0 radical (unpaired) electrons. The summed E-state index contributed by atoms with van der Waals surface area (Å²) in [5, 5.41) is 3.15. The van der Waals surface area contributed by atoms with Crippen LogP contribution in [-0.2, 0) is 10.8 Å². The highest BCUT2D eigenvalue weighted by Gasteiger charge is 2.27. The van der Waals surface area contributed by atoms with Crippen molar-refractivity contribution in [1.29, 1.82) is 0 Å². The lowest BCUT2D eigenvalue weighted by Gasteiger charge is -2.09. The van der Waals surface area contributed by atoms with Crippen molar-refractivity contribution in [3.63, 3.8) is 0 Å². The molecular weight excluding hydrogens is 198 g/mol. The molecule has 0 bridgehead atoms. The highest BCUT2D eigenvalue weighted by Crippen LogP contribution is 2.33. The molecule has 0 amide bonds. The van der Waals surface area contributed by atoms with Gasteiger partial charge in [-0.2, -0.15) is 0 Å². The maximum atomic E-state index is 11.7. The molecule has 2 unspecified atom stereocenters. The summed E-state index contributed by atoms with van der Waals surface area (Å²) in [5.74, 6) is 1.49. The quantitative estimate of drug-likeness (QED) is 0.795. The van der Waals surface area contributed by atoms with E-state index in [4.69, 9.17) is 4.74 Å². The minimum Gasteiger partial charge on any atom is -0.497 e. The van der Waals surface area contributed by atoms with Gasteiger partial charge in [-0.15, -0.1) is 0 Å². The van der Waals surface area contributed by atoms with Crippen molar-refractivity contribution in [3.8, 4) is 5.75 Å². The van der Waals surface area contributed by atoms with E-state index in [1.165, 1.54) is 0 Å². The van der Waals surface area contributed by atoms with Crippen molar-refractivity contribution in [2.75, 3.05) is 19.9 Å². The Hall–Kier alpha value is -0.870. The first-order chi connectivity index (χ1) is 6.76. The van der Waals surface area contributed by atoms with Gasteiger partial charge in [0, 0.05) is 16.7 Å². The zero-order valence-electron chi connectivity index (χ0n) is 8.24. The summed E-state index contributed by atoms with van der Waals surface area (Å²) in [4.78, 5) is 0.935. The van der Waals surface area contributed by atoms with E-state index in [1.807, 2.05) is 25.2 Å². The van der Waals surface area contributed by atoms with Gasteiger partial charge in [0.15, 0.2) is 0 Å². The summed E-state index contributed by atoms with van der Waals surface area (Å²) in [7, 11) is 2.67. The molecule has 4 heteroatoms. The van der Waals surface area contributed by atoms with Crippen LogP contribution < -0.4 is 10.1 Å². The zero-order chi connectivity index (χ0) is 10.1. The summed E-state index contributed by atoms with van der Waals surface area (Å²) >= 11 is 0. The molecule has 0 aliphatic carbocycles. The molecule has 3 nitrogen and oxygen atoms in total. The van der Waals surface area contributed by atoms with Crippen LogP contribution in [0, 0.1) is 0 Å². The Labute approximate surface area is 85.9 Å². The third kappa shape index (κ3) is 1.44. The van der Waals surface area contributed by atoms with Crippen LogP contribution in [0.2, 0.25) is 0 Å². The molecule has 2 rings (SSSR count). The van der Waals surface area contributed by atoms with Crippen LogP contribution in [0.3, 0.4) is 0 Å². The Morgan fingerprint density at radius 3 is 3.00 bits per heavy atom. The van der Waals surface area contributed by atoms with E-state index in [0.29, 0.717) is 5.75 Å². The van der Waals surface area contributed by atoms with Gasteiger partial charge in [-0.05, 0) is 30.8 Å². The minimum atomic E-state index is -0.856. The number of ether oxygens (including phenoxy) is 1. The van der Waals surface area contributed by atoms with Gasteiger partial charge >= 0.3 is 0 Å². The predicted molar refractivity (Wildman–Crippen MR) is 56.1 cm³/mol. The van der Waals surface area contributed by atoms with Crippen LogP contribution in [-0.4, -0.2) is 24.1 Å². The Balaban J connectivity index is 2.47. The standard InChI is InChI=1S/C10H13NO2S/c1-11-9-6-14(12)10-4-3-7(13-2)5-8(9)10/h3-5,9,11H,6H2,1-2H3. The van der Waals surface area contributed by atoms with Gasteiger partial charge in [0.2, 0.25) is 0 Å². The monoisotopic (exact) mass is 211 g/mol. The first-order valence-electron chi connectivity index (χ1n) is 4.50. The average molecular weight is 211 g/mol. The van der Waals surface area contributed by atoms with Gasteiger partial charge < -0.3 is 10.1 Å². The number of hydrogen-bond donors (Lipinski definition) is 1.